The highest BCUT2D eigenvalue weighted by Gasteiger charge is 2.03. The van der Waals surface area contributed by atoms with Crippen molar-refractivity contribution < 1.29 is 0 Å². The molecule has 27 heavy (non-hydrogen) atoms. The normalized spacial score (nSPS) is 17.5. The molecule has 0 atom stereocenters. The molecule has 2 aromatic heterocycles. The predicted octanol–water partition coefficient (Wildman–Crippen LogP) is -0.120. The Morgan fingerprint density at radius 1 is 0.926 bits per heavy atom. The Balaban J connectivity index is 1.39. The summed E-state index contributed by atoms with van der Waals surface area (Å²) in [5.74, 6) is 1.41. The summed E-state index contributed by atoms with van der Waals surface area (Å²) < 4.78 is 1.94. The van der Waals surface area contributed by atoms with Crippen LogP contribution in [0.25, 0.3) is 5.65 Å². The van der Waals surface area contributed by atoms with E-state index in [0.29, 0.717) is 11.9 Å². The van der Waals surface area contributed by atoms with Crippen molar-refractivity contribution >= 4 is 30.0 Å². The van der Waals surface area contributed by atoms with E-state index in [2.05, 4.69) is 46.7 Å². The summed E-state index contributed by atoms with van der Waals surface area (Å²) in [5.41, 5.74) is 8.36. The summed E-state index contributed by atoms with van der Waals surface area (Å²) in [6, 6.07) is 3.90. The van der Waals surface area contributed by atoms with Gasteiger partial charge in [0.15, 0.2) is 0 Å². The molecule has 0 spiro atoms. The van der Waals surface area contributed by atoms with E-state index >= 15 is 0 Å². The van der Waals surface area contributed by atoms with E-state index in [4.69, 9.17) is 0 Å². The van der Waals surface area contributed by atoms with Crippen molar-refractivity contribution in [2.24, 2.45) is 20.2 Å². The van der Waals surface area contributed by atoms with Gasteiger partial charge in [0, 0.05) is 44.1 Å². The van der Waals surface area contributed by atoms with Crippen LogP contribution in [0.3, 0.4) is 0 Å². The third kappa shape index (κ3) is 4.60. The highest BCUT2D eigenvalue weighted by atomic mass is 15.4. The summed E-state index contributed by atoms with van der Waals surface area (Å²) in [6.07, 6.45) is 9.40. The van der Waals surface area contributed by atoms with Crippen LogP contribution in [0.1, 0.15) is 24.1 Å². The number of pyridine rings is 1. The number of hydrogen-bond acceptors (Lipinski definition) is 9. The first-order chi connectivity index (χ1) is 13.4. The minimum absolute atomic E-state index is 0.698. The van der Waals surface area contributed by atoms with Crippen molar-refractivity contribution in [1.29, 1.82) is 0 Å². The lowest BCUT2D eigenvalue weighted by Gasteiger charge is -2.12. The maximum Gasteiger partial charge on any atom is 0.212 e. The SMILES string of the molecule is C(=N\NC1=NCCCN1)/c1ccc2nc(/C=N/NC3=NCCCN3)cn2c1. The second-order valence-electron chi connectivity index (χ2n) is 6.15. The van der Waals surface area contributed by atoms with E-state index in [1.54, 1.807) is 12.4 Å². The molecule has 4 rings (SSSR count). The quantitative estimate of drug-likeness (QED) is 0.445. The molecule has 10 nitrogen and oxygen atoms in total. The van der Waals surface area contributed by atoms with Crippen LogP contribution >= 0.6 is 0 Å². The lowest BCUT2D eigenvalue weighted by atomic mass is 10.3. The summed E-state index contributed by atoms with van der Waals surface area (Å²) in [6.45, 7) is 3.49. The fraction of sp³-hybridized carbons (Fsp3) is 0.353. The number of hydrogen-bond donors (Lipinski definition) is 4. The molecule has 0 aliphatic carbocycles. The van der Waals surface area contributed by atoms with Gasteiger partial charge in [0.05, 0.1) is 12.4 Å². The fourth-order valence-corrected chi connectivity index (χ4v) is 2.71. The number of nitrogens with zero attached hydrogens (tertiary/aromatic N) is 6. The Kier molecular flexibility index (Phi) is 5.23. The predicted molar refractivity (Wildman–Crippen MR) is 106 cm³/mol. The van der Waals surface area contributed by atoms with Gasteiger partial charge in [-0.1, -0.05) is 0 Å². The zero-order chi connectivity index (χ0) is 18.3. The van der Waals surface area contributed by atoms with Crippen LogP contribution in [0, 0.1) is 0 Å². The molecule has 0 aromatic carbocycles. The van der Waals surface area contributed by atoms with Gasteiger partial charge in [-0.25, -0.2) is 15.8 Å². The maximum atomic E-state index is 4.51. The number of aliphatic imine (C=N–C) groups is 2. The Morgan fingerprint density at radius 2 is 1.63 bits per heavy atom. The van der Waals surface area contributed by atoms with Crippen LogP contribution in [0.4, 0.5) is 0 Å². The van der Waals surface area contributed by atoms with E-state index in [1.165, 1.54) is 0 Å². The van der Waals surface area contributed by atoms with Crippen molar-refractivity contribution in [3.05, 3.63) is 35.8 Å². The zero-order valence-electron chi connectivity index (χ0n) is 14.9. The zero-order valence-corrected chi connectivity index (χ0v) is 14.9. The molecule has 0 radical (unpaired) electrons. The third-order valence-electron chi connectivity index (χ3n) is 4.04. The fourth-order valence-electron chi connectivity index (χ4n) is 2.71. The molecule has 0 unspecified atom stereocenters. The van der Waals surface area contributed by atoms with E-state index in [-0.39, 0.29) is 0 Å². The van der Waals surface area contributed by atoms with Gasteiger partial charge < -0.3 is 15.0 Å². The van der Waals surface area contributed by atoms with Crippen molar-refractivity contribution in [1.82, 2.24) is 30.9 Å². The topological polar surface area (TPSA) is 115 Å². The average Bonchev–Trinajstić information content (AvgIpc) is 3.12. The minimum Gasteiger partial charge on any atom is -0.355 e. The highest BCUT2D eigenvalue weighted by molar-refractivity contribution is 5.85. The van der Waals surface area contributed by atoms with Gasteiger partial charge in [0.25, 0.3) is 0 Å². The van der Waals surface area contributed by atoms with Crippen LogP contribution < -0.4 is 21.5 Å². The molecule has 0 amide bonds. The molecular weight excluding hydrogens is 344 g/mol. The minimum atomic E-state index is 0.698. The van der Waals surface area contributed by atoms with Gasteiger partial charge in [-0.3, -0.25) is 9.98 Å². The molecule has 2 aliphatic rings. The van der Waals surface area contributed by atoms with Crippen LogP contribution in [0.5, 0.6) is 0 Å². The molecule has 4 N–H and O–H groups in total. The van der Waals surface area contributed by atoms with Crippen LogP contribution in [-0.2, 0) is 0 Å². The lowest BCUT2D eigenvalue weighted by Crippen LogP contribution is -2.38. The average molecular weight is 366 g/mol. The second kappa shape index (κ2) is 8.30. The van der Waals surface area contributed by atoms with Crippen molar-refractivity contribution in [3.8, 4) is 0 Å². The number of rotatable bonds is 4. The first kappa shape index (κ1) is 17.0. The van der Waals surface area contributed by atoms with Crippen LogP contribution in [-0.4, -0.2) is 59.9 Å². The molecule has 0 saturated heterocycles. The summed E-state index contributed by atoms with van der Waals surface area (Å²) in [4.78, 5) is 13.1. The number of aromatic nitrogens is 2. The molecule has 140 valence electrons. The molecule has 0 fully saturated rings. The first-order valence-corrected chi connectivity index (χ1v) is 9.00. The largest absolute Gasteiger partial charge is 0.355 e. The van der Waals surface area contributed by atoms with Crippen LogP contribution in [0.2, 0.25) is 0 Å². The molecule has 0 saturated carbocycles. The molecule has 4 heterocycles. The van der Waals surface area contributed by atoms with Gasteiger partial charge in [0.2, 0.25) is 11.9 Å². The van der Waals surface area contributed by atoms with Gasteiger partial charge in [0.1, 0.15) is 11.3 Å². The monoisotopic (exact) mass is 366 g/mol. The smallest absolute Gasteiger partial charge is 0.212 e. The van der Waals surface area contributed by atoms with Crippen molar-refractivity contribution in [2.75, 3.05) is 26.2 Å². The lowest BCUT2D eigenvalue weighted by molar-refractivity contribution is 0.712. The maximum absolute atomic E-state index is 4.51. The molecular formula is C17H22N10. The summed E-state index contributed by atoms with van der Waals surface area (Å²) >= 11 is 0. The molecule has 0 bridgehead atoms. The summed E-state index contributed by atoms with van der Waals surface area (Å²) in [7, 11) is 0. The van der Waals surface area contributed by atoms with E-state index < -0.39 is 0 Å². The number of guanidine groups is 2. The number of hydrazone groups is 2. The van der Waals surface area contributed by atoms with Gasteiger partial charge in [-0.05, 0) is 25.0 Å². The molecule has 10 heteroatoms. The van der Waals surface area contributed by atoms with E-state index in [1.807, 2.05) is 28.9 Å². The van der Waals surface area contributed by atoms with Crippen LogP contribution in [0.15, 0.2) is 44.7 Å². The van der Waals surface area contributed by atoms with Gasteiger partial charge in [-0.15, -0.1) is 0 Å². The van der Waals surface area contributed by atoms with Gasteiger partial charge in [-0.2, -0.15) is 10.2 Å². The number of fused-ring (bicyclic) bond motifs is 1. The standard InChI is InChI=1S/C17H22N10/c1-5-18-16(19-6-1)25-22-9-13-3-4-15-24-14(12-27(15)11-13)10-23-26-17-20-7-2-8-21-17/h3-4,9-12H,1-2,5-8H2,(H2,18,19,25)(H2,20,21,26)/b22-9+,23-10+. The Hall–Kier alpha value is -3.43. The number of imidazole rings is 1. The third-order valence-corrected chi connectivity index (χ3v) is 4.04. The highest BCUT2D eigenvalue weighted by Crippen LogP contribution is 2.05. The van der Waals surface area contributed by atoms with Crippen molar-refractivity contribution in [2.45, 2.75) is 12.8 Å². The Labute approximate surface area is 156 Å². The second-order valence-corrected chi connectivity index (χ2v) is 6.15. The molecule has 2 aliphatic heterocycles. The van der Waals surface area contributed by atoms with Gasteiger partial charge >= 0.3 is 0 Å². The molecule has 2 aromatic rings. The Morgan fingerprint density at radius 3 is 2.30 bits per heavy atom. The number of nitrogens with one attached hydrogen (secondary N) is 4. The van der Waals surface area contributed by atoms with Crippen molar-refractivity contribution in [3.63, 3.8) is 0 Å². The Bertz CT molecular complexity index is 872. The summed E-state index contributed by atoms with van der Waals surface area (Å²) in [5, 5.41) is 14.7. The van der Waals surface area contributed by atoms with E-state index in [0.717, 1.165) is 55.9 Å². The van der Waals surface area contributed by atoms with E-state index in [9.17, 15) is 0 Å². The first-order valence-electron chi connectivity index (χ1n) is 9.00.